The first-order valence-electron chi connectivity index (χ1n) is 6.17. The van der Waals surface area contributed by atoms with Crippen molar-refractivity contribution in [3.8, 4) is 0 Å². The summed E-state index contributed by atoms with van der Waals surface area (Å²) in [4.78, 5) is 0. The zero-order valence-electron chi connectivity index (χ0n) is 11.5. The third-order valence-electron chi connectivity index (χ3n) is 2.43. The summed E-state index contributed by atoms with van der Waals surface area (Å²) >= 11 is -0.571. The molecule has 3 heteroatoms. The van der Waals surface area contributed by atoms with Crippen LogP contribution in [-0.4, -0.2) is 38.7 Å². The van der Waals surface area contributed by atoms with E-state index in [2.05, 4.69) is 32.9 Å². The monoisotopic (exact) mass is 364 g/mol. The van der Waals surface area contributed by atoms with Gasteiger partial charge in [-0.05, 0) is 0 Å². The number of hydrogen-bond donors (Lipinski definition) is 1. The first-order chi connectivity index (χ1) is 8.45. The average Bonchev–Trinajstić information content (AvgIpc) is 2.33. The van der Waals surface area contributed by atoms with E-state index in [4.69, 9.17) is 4.74 Å². The Bertz CT molecular complexity index is 379. The van der Waals surface area contributed by atoms with Crippen LogP contribution < -0.4 is 3.61 Å². The molecule has 0 saturated heterocycles. The van der Waals surface area contributed by atoms with Gasteiger partial charge in [0.15, 0.2) is 0 Å². The molecule has 1 aromatic rings. The molecule has 0 radical (unpaired) electrons. The van der Waals surface area contributed by atoms with Crippen molar-refractivity contribution < 1.29 is 9.84 Å². The number of hydrogen-bond acceptors (Lipinski definition) is 2. The van der Waals surface area contributed by atoms with Gasteiger partial charge in [-0.3, -0.25) is 0 Å². The molecule has 1 N–H and O–H groups in total. The molecular weight excluding hydrogens is 340 g/mol. The van der Waals surface area contributed by atoms with Crippen LogP contribution in [0, 0.1) is 5.41 Å². The molecule has 100 valence electrons. The summed E-state index contributed by atoms with van der Waals surface area (Å²) < 4.78 is 7.77. The number of rotatable bonds is 5. The Morgan fingerprint density at radius 2 is 1.94 bits per heavy atom. The van der Waals surface area contributed by atoms with Crippen LogP contribution in [0.1, 0.15) is 27.7 Å². The van der Waals surface area contributed by atoms with Crippen LogP contribution in [0.5, 0.6) is 0 Å². The second kappa shape index (κ2) is 7.19. The molecule has 0 fully saturated rings. The fraction of sp³-hybridized carbons (Fsp3) is 0.467. The minimum absolute atomic E-state index is 0.150. The molecule has 0 saturated carbocycles. The number of ether oxygens (including phenoxy) is 1. The number of aliphatic hydroxyl groups excluding tert-OH is 1. The summed E-state index contributed by atoms with van der Waals surface area (Å²) in [5.74, 6) is 0. The van der Waals surface area contributed by atoms with Gasteiger partial charge in [-0.15, -0.1) is 0 Å². The molecule has 0 amide bonds. The van der Waals surface area contributed by atoms with E-state index >= 15 is 0 Å². The van der Waals surface area contributed by atoms with E-state index in [1.165, 1.54) is 3.61 Å². The van der Waals surface area contributed by atoms with Crippen LogP contribution in [0.3, 0.4) is 0 Å². The van der Waals surface area contributed by atoms with Crippen LogP contribution in [0.25, 0.3) is 0 Å². The summed E-state index contributed by atoms with van der Waals surface area (Å²) in [7, 11) is 0. The van der Waals surface area contributed by atoms with Gasteiger partial charge in [-0.2, -0.15) is 0 Å². The molecule has 2 nitrogen and oxygen atoms in total. The van der Waals surface area contributed by atoms with Crippen LogP contribution in [0.4, 0.5) is 0 Å². The molecule has 0 aromatic heterocycles. The molecule has 0 spiro atoms. The van der Waals surface area contributed by atoms with Crippen molar-refractivity contribution in [2.24, 2.45) is 5.41 Å². The molecule has 0 heterocycles. The summed E-state index contributed by atoms with van der Waals surface area (Å²) in [6.07, 6.45) is 1.33. The first-order valence-corrected chi connectivity index (χ1v) is 8.51. The average molecular weight is 362 g/mol. The van der Waals surface area contributed by atoms with Gasteiger partial charge in [0, 0.05) is 0 Å². The van der Waals surface area contributed by atoms with E-state index in [0.717, 1.165) is 3.62 Å². The molecule has 0 bridgehead atoms. The summed E-state index contributed by atoms with van der Waals surface area (Å²) in [6, 6.07) is 10.3. The zero-order chi connectivity index (χ0) is 13.6. The molecule has 1 atom stereocenters. The molecule has 0 aliphatic heterocycles. The molecule has 0 aliphatic carbocycles. The second-order valence-corrected chi connectivity index (χ2v) is 8.43. The third kappa shape index (κ3) is 5.02. The van der Waals surface area contributed by atoms with Gasteiger partial charge >= 0.3 is 120 Å². The van der Waals surface area contributed by atoms with Crippen molar-refractivity contribution >= 4 is 24.5 Å². The van der Waals surface area contributed by atoms with Gasteiger partial charge in [-0.1, -0.05) is 0 Å². The van der Waals surface area contributed by atoms with Crippen molar-refractivity contribution in [3.63, 3.8) is 0 Å². The van der Waals surface area contributed by atoms with Gasteiger partial charge in [-0.25, -0.2) is 0 Å². The second-order valence-electron chi connectivity index (χ2n) is 5.16. The summed E-state index contributed by atoms with van der Waals surface area (Å²) in [6.45, 7) is 8.75. The van der Waals surface area contributed by atoms with Crippen LogP contribution in [0.2, 0.25) is 0 Å². The van der Waals surface area contributed by atoms with Crippen LogP contribution in [0.15, 0.2) is 40.2 Å². The topological polar surface area (TPSA) is 29.5 Å². The SMILES string of the molecule is CCO/C=C(/[Te]c1ccccc1)C(O)C(C)(C)C. The fourth-order valence-electron chi connectivity index (χ4n) is 1.36. The first kappa shape index (κ1) is 15.6. The maximum atomic E-state index is 10.4. The van der Waals surface area contributed by atoms with Crippen LogP contribution in [-0.2, 0) is 4.74 Å². The fourth-order valence-corrected chi connectivity index (χ4v) is 4.63. The third-order valence-corrected chi connectivity index (χ3v) is 5.47. The van der Waals surface area contributed by atoms with Gasteiger partial charge in [0.05, 0.1) is 0 Å². The maximum absolute atomic E-state index is 10.4. The Hall–Kier alpha value is -0.490. The quantitative estimate of drug-likeness (QED) is 0.644. The predicted octanol–water partition coefficient (Wildman–Crippen LogP) is 2.30. The van der Waals surface area contributed by atoms with E-state index in [1.807, 2.05) is 25.1 Å². The molecule has 1 unspecified atom stereocenters. The van der Waals surface area contributed by atoms with E-state index in [-0.39, 0.29) is 5.41 Å². The van der Waals surface area contributed by atoms with Gasteiger partial charge < -0.3 is 0 Å². The Balaban J connectivity index is 2.86. The predicted molar refractivity (Wildman–Crippen MR) is 77.0 cm³/mol. The van der Waals surface area contributed by atoms with Crippen molar-refractivity contribution in [3.05, 3.63) is 40.2 Å². The van der Waals surface area contributed by atoms with Crippen molar-refractivity contribution in [2.75, 3.05) is 6.61 Å². The summed E-state index contributed by atoms with van der Waals surface area (Å²) in [5.41, 5.74) is -0.150. The standard InChI is InChI=1S/C15H22O2Te/c1-5-17-11-13(14(16)15(2,3)4)18-12-9-7-6-8-10-12/h6-11,14,16H,5H2,1-4H3/b13-11+. The number of aliphatic hydroxyl groups is 1. The molecule has 1 rings (SSSR count). The Kier molecular flexibility index (Phi) is 6.21. The van der Waals surface area contributed by atoms with Gasteiger partial charge in [0.2, 0.25) is 0 Å². The molecule has 1 aromatic carbocycles. The minimum atomic E-state index is -0.571. The molecular formula is C15H22O2Te. The van der Waals surface area contributed by atoms with E-state index in [0.29, 0.717) is 6.61 Å². The van der Waals surface area contributed by atoms with Gasteiger partial charge in [0.1, 0.15) is 0 Å². The van der Waals surface area contributed by atoms with Crippen molar-refractivity contribution in [1.82, 2.24) is 0 Å². The van der Waals surface area contributed by atoms with E-state index in [9.17, 15) is 5.11 Å². The number of benzene rings is 1. The van der Waals surface area contributed by atoms with E-state index < -0.39 is 27.0 Å². The van der Waals surface area contributed by atoms with Crippen molar-refractivity contribution in [1.29, 1.82) is 0 Å². The molecule has 18 heavy (non-hydrogen) atoms. The Morgan fingerprint density at radius 3 is 2.44 bits per heavy atom. The van der Waals surface area contributed by atoms with Gasteiger partial charge in [0.25, 0.3) is 0 Å². The summed E-state index contributed by atoms with van der Waals surface area (Å²) in [5, 5.41) is 10.4. The molecule has 0 aliphatic rings. The van der Waals surface area contributed by atoms with E-state index in [1.54, 1.807) is 6.26 Å². The Labute approximate surface area is 120 Å². The normalized spacial score (nSPS) is 14.4. The Morgan fingerprint density at radius 1 is 1.33 bits per heavy atom. The van der Waals surface area contributed by atoms with Crippen molar-refractivity contribution in [2.45, 2.75) is 33.8 Å². The van der Waals surface area contributed by atoms with Crippen LogP contribution >= 0.6 is 0 Å². The zero-order valence-corrected chi connectivity index (χ0v) is 13.8.